The monoisotopic (exact) mass is 434 g/mol. The van der Waals surface area contributed by atoms with Crippen LogP contribution in [-0.2, 0) is 12.8 Å². The predicted octanol–water partition coefficient (Wildman–Crippen LogP) is 7.98. The molecule has 0 radical (unpaired) electrons. The van der Waals surface area contributed by atoms with Crippen LogP contribution in [0.5, 0.6) is 5.75 Å². The molecule has 2 aromatic rings. The van der Waals surface area contributed by atoms with Gasteiger partial charge in [0.25, 0.3) is 6.43 Å². The molecule has 1 aliphatic carbocycles. The van der Waals surface area contributed by atoms with Crippen molar-refractivity contribution >= 4 is 0 Å². The molecule has 1 fully saturated rings. The van der Waals surface area contributed by atoms with E-state index in [0.29, 0.717) is 36.7 Å². The topological polar surface area (TPSA) is 9.23 Å². The number of ether oxygens (including phenoxy) is 1. The van der Waals surface area contributed by atoms with Crippen molar-refractivity contribution < 1.29 is 22.3 Å². The fourth-order valence-electron chi connectivity index (χ4n) is 4.47. The summed E-state index contributed by atoms with van der Waals surface area (Å²) in [7, 11) is 0. The Morgan fingerprint density at radius 3 is 2.13 bits per heavy atom. The molecule has 5 heteroatoms. The Morgan fingerprint density at radius 1 is 0.935 bits per heavy atom. The van der Waals surface area contributed by atoms with Gasteiger partial charge in [-0.3, -0.25) is 0 Å². The van der Waals surface area contributed by atoms with Crippen LogP contribution in [0.4, 0.5) is 17.6 Å². The zero-order chi connectivity index (χ0) is 22.2. The second kappa shape index (κ2) is 11.4. The normalized spacial score (nSPS) is 19.3. The summed E-state index contributed by atoms with van der Waals surface area (Å²) in [5.74, 6) is -0.944. The summed E-state index contributed by atoms with van der Waals surface area (Å²) < 4.78 is 57.1. The van der Waals surface area contributed by atoms with Crippen LogP contribution in [0.3, 0.4) is 0 Å². The summed E-state index contributed by atoms with van der Waals surface area (Å²) in [6, 6.07) is 11.0. The number of allylic oxidation sites excluding steroid dienone is 1. The molecule has 168 valence electrons. The van der Waals surface area contributed by atoms with E-state index in [1.54, 1.807) is 0 Å². The molecule has 0 saturated heterocycles. The van der Waals surface area contributed by atoms with E-state index in [-0.39, 0.29) is 0 Å². The Balaban J connectivity index is 1.54. The van der Waals surface area contributed by atoms with Crippen LogP contribution in [0, 0.1) is 17.6 Å². The molecule has 1 aliphatic rings. The Morgan fingerprint density at radius 2 is 1.55 bits per heavy atom. The van der Waals surface area contributed by atoms with Crippen LogP contribution in [0.2, 0.25) is 0 Å². The Hall–Kier alpha value is -2.30. The number of hydrogen-bond donors (Lipinski definition) is 0. The van der Waals surface area contributed by atoms with Crippen LogP contribution in [0.1, 0.15) is 68.1 Å². The average Bonchev–Trinajstić information content (AvgIpc) is 2.75. The molecule has 1 nitrogen and oxygen atoms in total. The quantitative estimate of drug-likeness (QED) is 0.287. The zero-order valence-electron chi connectivity index (χ0n) is 17.9. The van der Waals surface area contributed by atoms with Gasteiger partial charge in [-0.05, 0) is 79.2 Å². The molecule has 0 atom stereocenters. The smallest absolute Gasteiger partial charge is 0.260 e. The van der Waals surface area contributed by atoms with Crippen LogP contribution < -0.4 is 4.74 Å². The maximum Gasteiger partial charge on any atom is 0.260 e. The first kappa shape index (κ1) is 23.4. The Kier molecular flexibility index (Phi) is 8.56. The third kappa shape index (κ3) is 6.84. The summed E-state index contributed by atoms with van der Waals surface area (Å²) in [5.41, 5.74) is 3.00. The highest BCUT2D eigenvalue weighted by molar-refractivity contribution is 5.33. The fraction of sp³-hybridized carbons (Fsp3) is 0.462. The van der Waals surface area contributed by atoms with Gasteiger partial charge in [0, 0.05) is 6.08 Å². The largest absolute Gasteiger partial charge is 0.459 e. The lowest BCUT2D eigenvalue weighted by Gasteiger charge is -2.28. The highest BCUT2D eigenvalue weighted by atomic mass is 19.3. The zero-order valence-corrected chi connectivity index (χ0v) is 17.9. The lowest BCUT2D eigenvalue weighted by molar-refractivity contribution is 0.200. The first-order valence-electron chi connectivity index (χ1n) is 11.1. The first-order chi connectivity index (χ1) is 15.0. The van der Waals surface area contributed by atoms with E-state index in [0.717, 1.165) is 11.5 Å². The van der Waals surface area contributed by atoms with E-state index >= 15 is 0 Å². The van der Waals surface area contributed by atoms with Gasteiger partial charge in [-0.1, -0.05) is 44.0 Å². The van der Waals surface area contributed by atoms with Crippen LogP contribution >= 0.6 is 0 Å². The van der Waals surface area contributed by atoms with Crippen molar-refractivity contribution in [2.24, 2.45) is 5.92 Å². The average molecular weight is 435 g/mol. The van der Waals surface area contributed by atoms with E-state index in [1.165, 1.54) is 56.2 Å². The first-order valence-corrected chi connectivity index (χ1v) is 11.1. The van der Waals surface area contributed by atoms with E-state index in [9.17, 15) is 17.6 Å². The summed E-state index contributed by atoms with van der Waals surface area (Å²) >= 11 is 0. The molecule has 0 N–H and O–H groups in total. The number of aryl methyl sites for hydroxylation is 2. The van der Waals surface area contributed by atoms with Gasteiger partial charge in [-0.2, -0.15) is 0 Å². The second-order valence-corrected chi connectivity index (χ2v) is 8.42. The minimum absolute atomic E-state index is 0.424. The lowest BCUT2D eigenvalue weighted by Crippen LogP contribution is -2.13. The van der Waals surface area contributed by atoms with Crippen molar-refractivity contribution in [1.82, 2.24) is 0 Å². The fourth-order valence-corrected chi connectivity index (χ4v) is 4.47. The van der Waals surface area contributed by atoms with Crippen molar-refractivity contribution in [3.63, 3.8) is 0 Å². The van der Waals surface area contributed by atoms with Crippen LogP contribution in [0.15, 0.2) is 48.7 Å². The molecule has 2 aromatic carbocycles. The van der Waals surface area contributed by atoms with Gasteiger partial charge in [0.2, 0.25) is 0 Å². The molecule has 0 aliphatic heterocycles. The molecule has 0 aromatic heterocycles. The van der Waals surface area contributed by atoms with E-state index in [4.69, 9.17) is 0 Å². The molecule has 1 saturated carbocycles. The number of alkyl halides is 2. The van der Waals surface area contributed by atoms with Crippen molar-refractivity contribution in [2.75, 3.05) is 0 Å². The minimum Gasteiger partial charge on any atom is -0.459 e. The third-order valence-corrected chi connectivity index (χ3v) is 6.17. The highest BCUT2D eigenvalue weighted by Gasteiger charge is 2.21. The molecule has 0 unspecified atom stereocenters. The standard InChI is InChI=1S/C26H30F4O/c1-2-3-18-6-10-21(11-7-18)22-12-8-19(9-13-22)4-5-20-16-23(27)26(24(28)17-20)31-15-14-25(29)30/h8-9,12-18,21,25H,2-7,10-11H2,1H3/b15-14+. The third-order valence-electron chi connectivity index (χ3n) is 6.17. The molecule has 0 spiro atoms. The van der Waals surface area contributed by atoms with Crippen LogP contribution in [-0.4, -0.2) is 6.43 Å². The van der Waals surface area contributed by atoms with Crippen molar-refractivity contribution in [1.29, 1.82) is 0 Å². The van der Waals surface area contributed by atoms with Crippen molar-refractivity contribution in [3.05, 3.63) is 77.1 Å². The number of rotatable bonds is 9. The minimum atomic E-state index is -2.74. The number of hydrogen-bond acceptors (Lipinski definition) is 1. The van der Waals surface area contributed by atoms with Gasteiger partial charge in [0.1, 0.15) is 0 Å². The lowest BCUT2D eigenvalue weighted by atomic mass is 9.77. The van der Waals surface area contributed by atoms with Crippen LogP contribution in [0.25, 0.3) is 0 Å². The van der Waals surface area contributed by atoms with Gasteiger partial charge in [-0.25, -0.2) is 17.6 Å². The summed E-state index contributed by atoms with van der Waals surface area (Å²) in [6.45, 7) is 2.25. The Labute approximate surface area is 182 Å². The Bertz CT molecular complexity index is 829. The van der Waals surface area contributed by atoms with Gasteiger partial charge in [-0.15, -0.1) is 0 Å². The van der Waals surface area contributed by atoms with E-state index in [1.807, 2.05) is 0 Å². The van der Waals surface area contributed by atoms with E-state index in [2.05, 4.69) is 35.9 Å². The molecule has 3 rings (SSSR count). The summed E-state index contributed by atoms with van der Waals surface area (Å²) in [5, 5.41) is 0. The number of benzene rings is 2. The van der Waals surface area contributed by atoms with Gasteiger partial charge in [0.15, 0.2) is 17.4 Å². The van der Waals surface area contributed by atoms with Gasteiger partial charge < -0.3 is 4.74 Å². The number of halogens is 4. The van der Waals surface area contributed by atoms with Gasteiger partial charge in [0.05, 0.1) is 6.26 Å². The molecule has 0 amide bonds. The predicted molar refractivity (Wildman–Crippen MR) is 116 cm³/mol. The molecular weight excluding hydrogens is 404 g/mol. The van der Waals surface area contributed by atoms with Crippen molar-refractivity contribution in [2.45, 2.75) is 70.6 Å². The van der Waals surface area contributed by atoms with Crippen molar-refractivity contribution in [3.8, 4) is 5.75 Å². The summed E-state index contributed by atoms with van der Waals surface area (Å²) in [4.78, 5) is 0. The van der Waals surface area contributed by atoms with Gasteiger partial charge >= 0.3 is 0 Å². The molecule has 0 heterocycles. The van der Waals surface area contributed by atoms with E-state index < -0.39 is 23.8 Å². The maximum atomic E-state index is 14.1. The highest BCUT2D eigenvalue weighted by Crippen LogP contribution is 2.37. The SMILES string of the molecule is CCCC1CCC(c2ccc(CCc3cc(F)c(O/C=C/C(F)F)c(F)c3)cc2)CC1. The molecule has 0 bridgehead atoms. The molecular formula is C26H30F4O. The maximum absolute atomic E-state index is 14.1. The second-order valence-electron chi connectivity index (χ2n) is 8.42. The molecule has 31 heavy (non-hydrogen) atoms. The summed E-state index contributed by atoms with van der Waals surface area (Å²) in [6.07, 6.45) is 7.16.